The third-order valence-electron chi connectivity index (χ3n) is 4.64. The molecule has 3 N–H and O–H groups in total. The first-order valence-electron chi connectivity index (χ1n) is 8.70. The SMILES string of the molecule is O=C1C=C([S+](=O)(O)O)c2cc(N([O-])O)ccc2C1=NN=C1C=Cc2ccccc2C1=O.[Na+]. The van der Waals surface area contributed by atoms with Gasteiger partial charge in [0, 0.05) is 22.8 Å². The summed E-state index contributed by atoms with van der Waals surface area (Å²) in [5.74, 6) is -1.24. The van der Waals surface area contributed by atoms with Gasteiger partial charge in [-0.15, -0.1) is 10.2 Å². The molecule has 0 aliphatic heterocycles. The summed E-state index contributed by atoms with van der Waals surface area (Å²) in [5.41, 5.74) is 0.334. The molecule has 0 saturated carbocycles. The van der Waals surface area contributed by atoms with E-state index in [1.54, 1.807) is 30.3 Å². The molecule has 0 bridgehead atoms. The number of Topliss-reactive ketones (excluding diaryl/α,β-unsaturated/α-hetero) is 1. The Labute approximate surface area is 204 Å². The minimum atomic E-state index is -4.58. The Morgan fingerprint density at radius 3 is 2.34 bits per heavy atom. The molecule has 0 radical (unpaired) electrons. The maximum Gasteiger partial charge on any atom is 1.00 e. The third kappa shape index (κ3) is 4.46. The van der Waals surface area contributed by atoms with Gasteiger partial charge < -0.3 is 10.4 Å². The summed E-state index contributed by atoms with van der Waals surface area (Å²) in [6, 6.07) is 10.2. The molecule has 0 amide bonds. The van der Waals surface area contributed by atoms with Crippen molar-refractivity contribution in [2.24, 2.45) is 10.2 Å². The predicted octanol–water partition coefficient (Wildman–Crippen LogP) is -0.192. The summed E-state index contributed by atoms with van der Waals surface area (Å²) in [4.78, 5) is 24.5. The van der Waals surface area contributed by atoms with Crippen LogP contribution in [0.1, 0.15) is 27.0 Å². The number of benzene rings is 2. The van der Waals surface area contributed by atoms with Gasteiger partial charge in [-0.2, -0.15) is 9.11 Å². The van der Waals surface area contributed by atoms with Crippen molar-refractivity contribution in [3.05, 3.63) is 82.1 Å². The molecular formula is C20H13N3NaO7S+. The maximum absolute atomic E-state index is 12.6. The molecule has 156 valence electrons. The third-order valence-corrected chi connectivity index (χ3v) is 5.55. The van der Waals surface area contributed by atoms with Crippen LogP contribution in [0.4, 0.5) is 5.69 Å². The zero-order valence-electron chi connectivity index (χ0n) is 16.5. The van der Waals surface area contributed by atoms with Gasteiger partial charge in [0.1, 0.15) is 11.4 Å². The summed E-state index contributed by atoms with van der Waals surface area (Å²) < 4.78 is 31.0. The van der Waals surface area contributed by atoms with E-state index in [1.807, 2.05) is 0 Å². The van der Waals surface area contributed by atoms with E-state index in [0.29, 0.717) is 17.2 Å². The van der Waals surface area contributed by atoms with Gasteiger partial charge in [0.05, 0.1) is 5.69 Å². The van der Waals surface area contributed by atoms with Crippen LogP contribution >= 0.6 is 0 Å². The normalized spacial score (nSPS) is 17.6. The van der Waals surface area contributed by atoms with Crippen molar-refractivity contribution in [3.63, 3.8) is 0 Å². The molecule has 12 heteroatoms. The molecule has 2 aromatic rings. The van der Waals surface area contributed by atoms with E-state index in [9.17, 15) is 28.1 Å². The quantitative estimate of drug-likeness (QED) is 0.321. The number of hydrogen-bond acceptors (Lipinski definition) is 8. The van der Waals surface area contributed by atoms with E-state index in [4.69, 9.17) is 5.21 Å². The number of anilines is 1. The van der Waals surface area contributed by atoms with Gasteiger partial charge in [0.25, 0.3) is 0 Å². The Kier molecular flexibility index (Phi) is 6.83. The summed E-state index contributed by atoms with van der Waals surface area (Å²) in [6.45, 7) is 0. The van der Waals surface area contributed by atoms with Crippen molar-refractivity contribution in [2.75, 3.05) is 5.23 Å². The van der Waals surface area contributed by atoms with Crippen LogP contribution in [0, 0.1) is 5.21 Å². The van der Waals surface area contributed by atoms with Gasteiger partial charge in [-0.25, -0.2) is 0 Å². The van der Waals surface area contributed by atoms with Crippen molar-refractivity contribution in [2.45, 2.75) is 0 Å². The first kappa shape index (κ1) is 24.0. The molecule has 2 aliphatic carbocycles. The van der Waals surface area contributed by atoms with Crippen LogP contribution in [0.15, 0.2) is 64.8 Å². The number of allylic oxidation sites excluding steroid dienone is 2. The zero-order chi connectivity index (χ0) is 22.3. The smallest absolute Gasteiger partial charge is 0.733 e. The number of carbonyl (C=O) groups excluding carboxylic acids is 2. The van der Waals surface area contributed by atoms with Crippen molar-refractivity contribution < 1.29 is 57.7 Å². The Balaban J connectivity index is 0.00000289. The van der Waals surface area contributed by atoms with Crippen molar-refractivity contribution in [3.8, 4) is 0 Å². The fraction of sp³-hybridized carbons (Fsp3) is 0. The van der Waals surface area contributed by atoms with Crippen LogP contribution in [-0.4, -0.2) is 37.3 Å². The molecule has 0 atom stereocenters. The van der Waals surface area contributed by atoms with E-state index in [0.717, 1.165) is 12.1 Å². The number of fused-ring (bicyclic) bond motifs is 2. The second-order valence-corrected chi connectivity index (χ2v) is 7.99. The van der Waals surface area contributed by atoms with E-state index in [2.05, 4.69) is 10.2 Å². The number of carbonyl (C=O) groups is 2. The first-order chi connectivity index (χ1) is 14.7. The molecule has 32 heavy (non-hydrogen) atoms. The van der Waals surface area contributed by atoms with E-state index >= 15 is 0 Å². The predicted molar refractivity (Wildman–Crippen MR) is 114 cm³/mol. The molecule has 2 aromatic carbocycles. The second-order valence-electron chi connectivity index (χ2n) is 6.56. The van der Waals surface area contributed by atoms with Crippen molar-refractivity contribution >= 4 is 50.2 Å². The largest absolute Gasteiger partial charge is 1.00 e. The number of ketones is 2. The van der Waals surface area contributed by atoms with Crippen LogP contribution < -0.4 is 34.8 Å². The molecular weight excluding hydrogens is 449 g/mol. The van der Waals surface area contributed by atoms with Gasteiger partial charge in [0.15, 0.2) is 0 Å². The fourth-order valence-electron chi connectivity index (χ4n) is 3.20. The second kappa shape index (κ2) is 9.10. The molecule has 0 aromatic heterocycles. The monoisotopic (exact) mass is 462 g/mol. The summed E-state index contributed by atoms with van der Waals surface area (Å²) in [5, 5.41) is 27.6. The van der Waals surface area contributed by atoms with Crippen molar-refractivity contribution in [1.29, 1.82) is 0 Å². The van der Waals surface area contributed by atoms with E-state index in [1.165, 1.54) is 12.1 Å². The van der Waals surface area contributed by atoms with E-state index in [-0.39, 0.29) is 57.8 Å². The Bertz CT molecular complexity index is 1310. The minimum absolute atomic E-state index is 0. The molecule has 0 fully saturated rings. The van der Waals surface area contributed by atoms with Crippen LogP contribution in [0.5, 0.6) is 0 Å². The summed E-state index contributed by atoms with van der Waals surface area (Å²) in [7, 11) is -4.58. The topological polar surface area (TPSA) is 163 Å². The summed E-state index contributed by atoms with van der Waals surface area (Å²) in [6.07, 6.45) is 3.81. The molecule has 2 aliphatic rings. The number of hydrogen-bond donors (Lipinski definition) is 3. The average molecular weight is 462 g/mol. The zero-order valence-corrected chi connectivity index (χ0v) is 19.3. The molecule has 0 saturated heterocycles. The van der Waals surface area contributed by atoms with Gasteiger partial charge in [-0.3, -0.25) is 14.8 Å². The molecule has 0 spiro atoms. The van der Waals surface area contributed by atoms with Crippen LogP contribution in [0.3, 0.4) is 0 Å². The standard InChI is InChI=1S/C20H13N3O7S.Na/c24-17-10-18(31(28,29)30)15-9-12(23(26)27)6-7-14(15)19(17)22-21-16-8-5-11-3-1-2-4-13(11)20(16)25;/h1-10,26H,(H2,28,29,30);/q;+1. The number of rotatable bonds is 3. The Hall–Kier alpha value is -2.61. The van der Waals surface area contributed by atoms with Crippen LogP contribution in [0.25, 0.3) is 11.0 Å². The first-order valence-corrected chi connectivity index (χ1v) is 10.2. The minimum Gasteiger partial charge on any atom is -0.733 e. The Morgan fingerprint density at radius 1 is 0.938 bits per heavy atom. The maximum atomic E-state index is 12.6. The molecule has 10 nitrogen and oxygen atoms in total. The van der Waals surface area contributed by atoms with Gasteiger partial charge in [-0.1, -0.05) is 30.3 Å². The van der Waals surface area contributed by atoms with Crippen LogP contribution in [0.2, 0.25) is 0 Å². The van der Waals surface area contributed by atoms with Crippen LogP contribution in [-0.2, 0) is 19.5 Å². The van der Waals surface area contributed by atoms with Gasteiger partial charge in [-0.05, 0) is 34.0 Å². The average Bonchev–Trinajstić information content (AvgIpc) is 2.73. The number of nitrogens with zero attached hydrogens (tertiary/aromatic N) is 3. The summed E-state index contributed by atoms with van der Waals surface area (Å²) >= 11 is 0. The molecule has 4 rings (SSSR count). The van der Waals surface area contributed by atoms with E-state index < -0.39 is 32.2 Å². The molecule has 0 heterocycles. The Morgan fingerprint density at radius 2 is 1.66 bits per heavy atom. The molecule has 0 unspecified atom stereocenters. The van der Waals surface area contributed by atoms with Gasteiger partial charge in [0.2, 0.25) is 16.5 Å². The van der Waals surface area contributed by atoms with Crippen molar-refractivity contribution in [1.82, 2.24) is 0 Å². The van der Waals surface area contributed by atoms with Gasteiger partial charge >= 0.3 is 40.1 Å². The fourth-order valence-corrected chi connectivity index (χ4v) is 3.91.